The molecule has 0 bridgehead atoms. The van der Waals surface area contributed by atoms with Crippen LogP contribution < -0.4 is 0 Å². The summed E-state index contributed by atoms with van der Waals surface area (Å²) >= 11 is 0. The molecule has 0 radical (unpaired) electrons. The molecule has 7 nitrogen and oxygen atoms in total. The largest absolute Gasteiger partial charge is 0.342 e. The van der Waals surface area contributed by atoms with Crippen molar-refractivity contribution in [3.63, 3.8) is 0 Å². The number of amides is 2. The molecule has 0 saturated carbocycles. The van der Waals surface area contributed by atoms with Gasteiger partial charge >= 0.3 is 0 Å². The second kappa shape index (κ2) is 8.16. The van der Waals surface area contributed by atoms with Gasteiger partial charge in [-0.25, -0.2) is 4.98 Å². The summed E-state index contributed by atoms with van der Waals surface area (Å²) in [5.41, 5.74) is 6.03. The van der Waals surface area contributed by atoms with Crippen LogP contribution in [0.25, 0.3) is 33.3 Å². The highest BCUT2D eigenvalue weighted by molar-refractivity contribution is 6.03. The van der Waals surface area contributed by atoms with Gasteiger partial charge in [0, 0.05) is 74.4 Å². The summed E-state index contributed by atoms with van der Waals surface area (Å²) in [6.07, 6.45) is 5.43. The third-order valence-corrected chi connectivity index (χ3v) is 6.36. The van der Waals surface area contributed by atoms with Crippen LogP contribution in [0, 0.1) is 0 Å². The molecule has 166 valence electrons. The molecule has 2 amide bonds. The van der Waals surface area contributed by atoms with Crippen molar-refractivity contribution in [1.29, 1.82) is 0 Å². The number of rotatable bonds is 4. The molecule has 33 heavy (non-hydrogen) atoms. The van der Waals surface area contributed by atoms with Crippen LogP contribution in [0.4, 0.5) is 0 Å². The Balaban J connectivity index is 1.53. The van der Waals surface area contributed by atoms with E-state index in [1.165, 1.54) is 0 Å². The molecule has 0 spiro atoms. The van der Waals surface area contributed by atoms with Gasteiger partial charge in [0.15, 0.2) is 0 Å². The van der Waals surface area contributed by atoms with Crippen LogP contribution in [-0.4, -0.2) is 63.3 Å². The first kappa shape index (κ1) is 20.9. The monoisotopic (exact) mass is 439 g/mol. The van der Waals surface area contributed by atoms with Gasteiger partial charge in [0.2, 0.25) is 0 Å². The zero-order chi connectivity index (χ0) is 23.1. The van der Waals surface area contributed by atoms with Crippen molar-refractivity contribution in [2.24, 2.45) is 0 Å². The second-order valence-electron chi connectivity index (χ2n) is 8.36. The summed E-state index contributed by atoms with van der Waals surface area (Å²) in [6.45, 7) is 4.02. The number of nitrogens with zero attached hydrogens (tertiary/aromatic N) is 5. The van der Waals surface area contributed by atoms with Crippen molar-refractivity contribution in [3.8, 4) is 22.3 Å². The molecule has 0 atom stereocenters. The van der Waals surface area contributed by atoms with E-state index in [4.69, 9.17) is 0 Å². The molecule has 1 aliphatic heterocycles. The van der Waals surface area contributed by atoms with Crippen LogP contribution in [-0.2, 0) is 6.54 Å². The Kier molecular flexibility index (Phi) is 5.17. The Morgan fingerprint density at radius 3 is 2.55 bits per heavy atom. The SMILES string of the molecule is CCN(C)C(=O)c1ccc(-c2cncc(-c3ccnc4c3cc3n4CCN(C)C3=O)c2)cc1. The Bertz CT molecular complexity index is 1370. The first-order chi connectivity index (χ1) is 16.0. The molecule has 0 saturated heterocycles. The van der Waals surface area contributed by atoms with Gasteiger partial charge < -0.3 is 14.4 Å². The molecule has 4 heterocycles. The lowest BCUT2D eigenvalue weighted by Crippen LogP contribution is -2.36. The number of pyridine rings is 2. The summed E-state index contributed by atoms with van der Waals surface area (Å²) in [5.74, 6) is 0.0217. The van der Waals surface area contributed by atoms with Gasteiger partial charge in [0.1, 0.15) is 11.3 Å². The van der Waals surface area contributed by atoms with E-state index < -0.39 is 0 Å². The van der Waals surface area contributed by atoms with E-state index in [2.05, 4.69) is 16.0 Å². The number of hydrogen-bond acceptors (Lipinski definition) is 4. The molecule has 4 aromatic rings. The van der Waals surface area contributed by atoms with Crippen LogP contribution in [0.5, 0.6) is 0 Å². The predicted octanol–water partition coefficient (Wildman–Crippen LogP) is 3.94. The number of benzene rings is 1. The molecule has 3 aromatic heterocycles. The number of carbonyl (C=O) groups is 2. The molecule has 1 aliphatic rings. The van der Waals surface area contributed by atoms with Crippen molar-refractivity contribution in [2.45, 2.75) is 13.5 Å². The zero-order valence-corrected chi connectivity index (χ0v) is 18.9. The van der Waals surface area contributed by atoms with E-state index in [1.54, 1.807) is 23.0 Å². The first-order valence-corrected chi connectivity index (χ1v) is 11.0. The highest BCUT2D eigenvalue weighted by Crippen LogP contribution is 2.33. The number of likely N-dealkylation sites (N-methyl/N-ethyl adjacent to an activating group) is 1. The average molecular weight is 440 g/mol. The van der Waals surface area contributed by atoms with Crippen LogP contribution in [0.15, 0.2) is 61.1 Å². The molecule has 7 heteroatoms. The van der Waals surface area contributed by atoms with Gasteiger partial charge in [-0.05, 0) is 48.4 Å². The highest BCUT2D eigenvalue weighted by Gasteiger charge is 2.25. The number of aromatic nitrogens is 3. The van der Waals surface area contributed by atoms with E-state index >= 15 is 0 Å². The van der Waals surface area contributed by atoms with Gasteiger partial charge in [0.25, 0.3) is 11.8 Å². The lowest BCUT2D eigenvalue weighted by Gasteiger charge is -2.24. The summed E-state index contributed by atoms with van der Waals surface area (Å²) in [7, 11) is 3.62. The van der Waals surface area contributed by atoms with Crippen LogP contribution in [0.1, 0.15) is 27.8 Å². The zero-order valence-electron chi connectivity index (χ0n) is 18.9. The topological polar surface area (TPSA) is 71.3 Å². The highest BCUT2D eigenvalue weighted by atomic mass is 16.2. The van der Waals surface area contributed by atoms with Crippen molar-refractivity contribution < 1.29 is 9.59 Å². The summed E-state index contributed by atoms with van der Waals surface area (Å²) in [4.78, 5) is 37.5. The Hall–Kier alpha value is -4.00. The minimum Gasteiger partial charge on any atom is -0.342 e. The Labute approximate surface area is 192 Å². The lowest BCUT2D eigenvalue weighted by molar-refractivity contribution is 0.0750. The van der Waals surface area contributed by atoms with Crippen molar-refractivity contribution in [1.82, 2.24) is 24.3 Å². The predicted molar refractivity (Wildman–Crippen MR) is 128 cm³/mol. The van der Waals surface area contributed by atoms with Gasteiger partial charge in [-0.1, -0.05) is 12.1 Å². The van der Waals surface area contributed by atoms with E-state index in [1.807, 2.05) is 67.3 Å². The standard InChI is InChI=1S/C26H25N5O2/c1-4-29(2)25(32)18-7-5-17(6-8-18)19-13-20(16-27-15-19)21-9-10-28-24-22(21)14-23-26(33)30(3)11-12-31(23)24/h5-10,13-16H,4,11-12H2,1-3H3. The molecule has 1 aromatic carbocycles. The minimum atomic E-state index is 0.00738. The average Bonchev–Trinajstić information content (AvgIpc) is 3.25. The quantitative estimate of drug-likeness (QED) is 0.483. The fraction of sp³-hybridized carbons (Fsp3) is 0.231. The molecule has 0 unspecified atom stereocenters. The summed E-state index contributed by atoms with van der Waals surface area (Å²) in [6, 6.07) is 13.6. The Morgan fingerprint density at radius 1 is 1.03 bits per heavy atom. The van der Waals surface area contributed by atoms with Crippen LogP contribution >= 0.6 is 0 Å². The van der Waals surface area contributed by atoms with Crippen LogP contribution in [0.2, 0.25) is 0 Å². The number of carbonyl (C=O) groups excluding carboxylic acids is 2. The molecule has 0 fully saturated rings. The summed E-state index contributed by atoms with van der Waals surface area (Å²) in [5, 5.41) is 0.943. The fourth-order valence-electron chi connectivity index (χ4n) is 4.27. The maximum absolute atomic E-state index is 12.6. The van der Waals surface area contributed by atoms with Crippen molar-refractivity contribution in [3.05, 3.63) is 72.3 Å². The Morgan fingerprint density at radius 2 is 1.79 bits per heavy atom. The second-order valence-corrected chi connectivity index (χ2v) is 8.36. The van der Waals surface area contributed by atoms with Crippen molar-refractivity contribution in [2.75, 3.05) is 27.2 Å². The first-order valence-electron chi connectivity index (χ1n) is 11.0. The normalized spacial score (nSPS) is 13.3. The molecule has 5 rings (SSSR count). The number of fused-ring (bicyclic) bond motifs is 3. The van der Waals surface area contributed by atoms with E-state index in [0.29, 0.717) is 24.3 Å². The maximum Gasteiger partial charge on any atom is 0.270 e. The van der Waals surface area contributed by atoms with Crippen LogP contribution in [0.3, 0.4) is 0 Å². The van der Waals surface area contributed by atoms with E-state index in [0.717, 1.165) is 39.8 Å². The van der Waals surface area contributed by atoms with Gasteiger partial charge in [-0.15, -0.1) is 0 Å². The van der Waals surface area contributed by atoms with Gasteiger partial charge in [-0.2, -0.15) is 0 Å². The van der Waals surface area contributed by atoms with Gasteiger partial charge in [0.05, 0.1) is 0 Å². The third-order valence-electron chi connectivity index (χ3n) is 6.36. The van der Waals surface area contributed by atoms with E-state index in [9.17, 15) is 9.59 Å². The maximum atomic E-state index is 12.6. The van der Waals surface area contributed by atoms with Gasteiger partial charge in [-0.3, -0.25) is 14.6 Å². The smallest absolute Gasteiger partial charge is 0.270 e. The minimum absolute atomic E-state index is 0.00738. The third kappa shape index (κ3) is 3.55. The molecular formula is C26H25N5O2. The summed E-state index contributed by atoms with van der Waals surface area (Å²) < 4.78 is 2.00. The molecule has 0 N–H and O–H groups in total. The molecule has 0 aliphatic carbocycles. The number of hydrogen-bond donors (Lipinski definition) is 0. The molecular weight excluding hydrogens is 414 g/mol. The fourth-order valence-corrected chi connectivity index (χ4v) is 4.27. The lowest BCUT2D eigenvalue weighted by atomic mass is 10.00. The van der Waals surface area contributed by atoms with Crippen molar-refractivity contribution >= 4 is 22.8 Å². The van der Waals surface area contributed by atoms with E-state index in [-0.39, 0.29) is 11.8 Å².